The minimum atomic E-state index is -3.42. The first-order valence-corrected chi connectivity index (χ1v) is 7.08. The van der Waals surface area contributed by atoms with E-state index in [2.05, 4.69) is 15.0 Å². The fourth-order valence-corrected chi connectivity index (χ4v) is 2.24. The van der Waals surface area contributed by atoms with Crippen molar-refractivity contribution in [2.75, 3.05) is 29.6 Å². The van der Waals surface area contributed by atoms with Gasteiger partial charge < -0.3 is 10.7 Å². The third-order valence-corrected chi connectivity index (χ3v) is 3.56. The van der Waals surface area contributed by atoms with Gasteiger partial charge in [0.25, 0.3) is 0 Å². The van der Waals surface area contributed by atoms with Gasteiger partial charge in [-0.15, -0.1) is 0 Å². The summed E-state index contributed by atoms with van der Waals surface area (Å²) < 4.78 is 51.3. The van der Waals surface area contributed by atoms with Gasteiger partial charge in [0.05, 0.1) is 5.75 Å². The molecule has 0 aliphatic heterocycles. The van der Waals surface area contributed by atoms with Crippen molar-refractivity contribution >= 4 is 21.7 Å². The van der Waals surface area contributed by atoms with Gasteiger partial charge in [0.15, 0.2) is 23.3 Å². The Kier molecular flexibility index (Phi) is 5.39. The summed E-state index contributed by atoms with van der Waals surface area (Å²) in [6, 6.07) is 0.601. The molecular formula is C9H15F2N5O2S. The molecule has 0 aliphatic carbocycles. The first kappa shape index (κ1) is 15.5. The Morgan fingerprint density at radius 3 is 2.53 bits per heavy atom. The Labute approximate surface area is 109 Å². The monoisotopic (exact) mass is 295 g/mol. The highest BCUT2D eigenvalue weighted by molar-refractivity contribution is 7.89. The minimum Gasteiger partial charge on any atom is -0.366 e. The third-order valence-electron chi connectivity index (χ3n) is 2.09. The number of anilines is 2. The molecule has 0 radical (unpaired) electrons. The SMILES string of the molecule is CCNS(=O)(=O)CCNc1nc(NN)c(F)cc1F. The molecule has 7 nitrogen and oxygen atoms in total. The molecule has 0 aliphatic rings. The molecule has 1 rings (SSSR count). The van der Waals surface area contributed by atoms with Gasteiger partial charge in [-0.25, -0.2) is 32.7 Å². The number of nitrogens with one attached hydrogen (secondary N) is 3. The number of hydrazine groups is 1. The molecule has 1 aromatic rings. The van der Waals surface area contributed by atoms with E-state index >= 15 is 0 Å². The quantitative estimate of drug-likeness (QED) is 0.416. The summed E-state index contributed by atoms with van der Waals surface area (Å²) in [5, 5.41) is 2.46. The van der Waals surface area contributed by atoms with Crippen LogP contribution >= 0.6 is 0 Å². The largest absolute Gasteiger partial charge is 0.366 e. The fourth-order valence-electron chi connectivity index (χ4n) is 1.29. The first-order chi connectivity index (χ1) is 8.89. The number of rotatable bonds is 7. The molecule has 0 fully saturated rings. The van der Waals surface area contributed by atoms with Gasteiger partial charge in [0.1, 0.15) is 0 Å². The van der Waals surface area contributed by atoms with Crippen LogP contribution in [0.2, 0.25) is 0 Å². The number of hydrogen-bond donors (Lipinski definition) is 4. The van der Waals surface area contributed by atoms with Crippen LogP contribution in [0.4, 0.5) is 20.4 Å². The highest BCUT2D eigenvalue weighted by Gasteiger charge is 2.12. The normalized spacial score (nSPS) is 11.4. The Bertz CT molecular complexity index is 538. The molecular weight excluding hydrogens is 280 g/mol. The molecule has 0 saturated carbocycles. The Morgan fingerprint density at radius 1 is 1.32 bits per heavy atom. The number of aromatic nitrogens is 1. The van der Waals surface area contributed by atoms with E-state index in [0.717, 1.165) is 0 Å². The van der Waals surface area contributed by atoms with Crippen molar-refractivity contribution in [2.45, 2.75) is 6.92 Å². The lowest BCUT2D eigenvalue weighted by molar-refractivity contribution is 0.576. The summed E-state index contributed by atoms with van der Waals surface area (Å²) in [5.41, 5.74) is 1.97. The van der Waals surface area contributed by atoms with E-state index in [0.29, 0.717) is 6.07 Å². The van der Waals surface area contributed by atoms with E-state index in [9.17, 15) is 17.2 Å². The van der Waals surface area contributed by atoms with Crippen molar-refractivity contribution in [3.63, 3.8) is 0 Å². The van der Waals surface area contributed by atoms with Crippen LogP contribution in [0.5, 0.6) is 0 Å². The van der Waals surface area contributed by atoms with Crippen molar-refractivity contribution in [1.29, 1.82) is 0 Å². The fraction of sp³-hybridized carbons (Fsp3) is 0.444. The van der Waals surface area contributed by atoms with Crippen LogP contribution in [0, 0.1) is 11.6 Å². The maximum absolute atomic E-state index is 13.3. The third kappa shape index (κ3) is 4.58. The second kappa shape index (κ2) is 6.59. The van der Waals surface area contributed by atoms with Gasteiger partial charge in [-0.3, -0.25) is 0 Å². The van der Waals surface area contributed by atoms with Crippen LogP contribution < -0.4 is 21.3 Å². The van der Waals surface area contributed by atoms with E-state index < -0.39 is 21.7 Å². The van der Waals surface area contributed by atoms with Crippen LogP contribution in [-0.4, -0.2) is 32.2 Å². The zero-order valence-corrected chi connectivity index (χ0v) is 11.0. The summed E-state index contributed by atoms with van der Waals surface area (Å²) in [7, 11) is -3.42. The molecule has 0 atom stereocenters. The molecule has 19 heavy (non-hydrogen) atoms. The number of nitrogens with zero attached hydrogens (tertiary/aromatic N) is 1. The minimum absolute atomic E-state index is 0.0745. The number of sulfonamides is 1. The number of hydrogen-bond acceptors (Lipinski definition) is 6. The molecule has 0 aromatic carbocycles. The number of halogens is 2. The first-order valence-electron chi connectivity index (χ1n) is 5.43. The van der Waals surface area contributed by atoms with Crippen molar-refractivity contribution < 1.29 is 17.2 Å². The standard InChI is InChI=1S/C9H15F2N5O2S/c1-2-14-19(17,18)4-3-13-8-6(10)5-7(11)9(15-8)16-12/h5,14H,2-4,12H2,1H3,(H2,13,15,16). The van der Waals surface area contributed by atoms with E-state index in [4.69, 9.17) is 5.84 Å². The van der Waals surface area contributed by atoms with Crippen LogP contribution in [0.25, 0.3) is 0 Å². The van der Waals surface area contributed by atoms with E-state index in [1.807, 2.05) is 5.43 Å². The lowest BCUT2D eigenvalue weighted by Gasteiger charge is -2.09. The maximum atomic E-state index is 13.3. The summed E-state index contributed by atoms with van der Waals surface area (Å²) in [6.45, 7) is 1.84. The van der Waals surface area contributed by atoms with Crippen molar-refractivity contribution in [1.82, 2.24) is 9.71 Å². The maximum Gasteiger partial charge on any atom is 0.213 e. The van der Waals surface area contributed by atoms with Crippen LogP contribution in [0.15, 0.2) is 6.07 Å². The summed E-state index contributed by atoms with van der Waals surface area (Å²) in [5.74, 6) is 2.26. The number of nitrogens with two attached hydrogens (primary N) is 1. The molecule has 0 bridgehead atoms. The highest BCUT2D eigenvalue weighted by Crippen LogP contribution is 2.17. The smallest absolute Gasteiger partial charge is 0.213 e. The topological polar surface area (TPSA) is 109 Å². The molecule has 1 aromatic heterocycles. The molecule has 0 saturated heterocycles. The summed E-state index contributed by atoms with van der Waals surface area (Å²) in [6.07, 6.45) is 0. The van der Waals surface area contributed by atoms with E-state index in [1.165, 1.54) is 0 Å². The Hall–Kier alpha value is -1.52. The predicted octanol–water partition coefficient (Wildman–Crippen LogP) is -0.00340. The van der Waals surface area contributed by atoms with Gasteiger partial charge in [-0.1, -0.05) is 6.92 Å². The zero-order valence-electron chi connectivity index (χ0n) is 10.2. The van der Waals surface area contributed by atoms with Crippen molar-refractivity contribution in [2.24, 2.45) is 5.84 Å². The van der Waals surface area contributed by atoms with Crippen molar-refractivity contribution in [3.05, 3.63) is 17.7 Å². The highest BCUT2D eigenvalue weighted by atomic mass is 32.2. The number of pyridine rings is 1. The summed E-state index contributed by atoms with van der Waals surface area (Å²) >= 11 is 0. The second-order valence-corrected chi connectivity index (χ2v) is 5.46. The molecule has 0 spiro atoms. The average Bonchev–Trinajstić information content (AvgIpc) is 2.31. The molecule has 10 heteroatoms. The Morgan fingerprint density at radius 2 is 1.95 bits per heavy atom. The summed E-state index contributed by atoms with van der Waals surface area (Å²) in [4.78, 5) is 3.54. The molecule has 0 amide bonds. The van der Waals surface area contributed by atoms with Crippen LogP contribution in [-0.2, 0) is 10.0 Å². The van der Waals surface area contributed by atoms with Gasteiger partial charge in [-0.05, 0) is 0 Å². The van der Waals surface area contributed by atoms with E-state index in [1.54, 1.807) is 6.92 Å². The van der Waals surface area contributed by atoms with E-state index in [-0.39, 0.29) is 30.5 Å². The lowest BCUT2D eigenvalue weighted by Crippen LogP contribution is -2.29. The molecule has 0 unspecified atom stereocenters. The number of nitrogen functional groups attached to an aromatic ring is 1. The lowest BCUT2D eigenvalue weighted by atomic mass is 10.4. The average molecular weight is 295 g/mol. The van der Waals surface area contributed by atoms with Crippen molar-refractivity contribution in [3.8, 4) is 0 Å². The van der Waals surface area contributed by atoms with Crippen LogP contribution in [0.1, 0.15) is 6.92 Å². The second-order valence-electron chi connectivity index (χ2n) is 3.54. The molecule has 108 valence electrons. The van der Waals surface area contributed by atoms with Gasteiger partial charge in [0, 0.05) is 19.2 Å². The predicted molar refractivity (Wildman–Crippen MR) is 67.9 cm³/mol. The molecule has 1 heterocycles. The van der Waals surface area contributed by atoms with Gasteiger partial charge >= 0.3 is 0 Å². The van der Waals surface area contributed by atoms with Crippen LogP contribution in [0.3, 0.4) is 0 Å². The zero-order chi connectivity index (χ0) is 14.5. The van der Waals surface area contributed by atoms with Gasteiger partial charge in [0.2, 0.25) is 10.0 Å². The Balaban J connectivity index is 2.68. The van der Waals surface area contributed by atoms with Gasteiger partial charge in [-0.2, -0.15) is 0 Å². The molecule has 5 N–H and O–H groups in total.